The molecule has 2 N–H and O–H groups in total. The fourth-order valence-corrected chi connectivity index (χ4v) is 2.92. The van der Waals surface area contributed by atoms with Gasteiger partial charge in [-0.1, -0.05) is 6.07 Å². The second-order valence-corrected chi connectivity index (χ2v) is 6.29. The lowest BCUT2D eigenvalue weighted by molar-refractivity contribution is 0.184. The highest BCUT2D eigenvalue weighted by molar-refractivity contribution is 7.89. The van der Waals surface area contributed by atoms with Gasteiger partial charge in [-0.25, -0.2) is 18.1 Å². The molecule has 1 aliphatic heterocycles. The Morgan fingerprint density at radius 2 is 2.32 bits per heavy atom. The summed E-state index contributed by atoms with van der Waals surface area (Å²) in [7, 11) is -3.56. The van der Waals surface area contributed by atoms with E-state index in [0.717, 1.165) is 19.4 Å². The number of nitrogens with zero attached hydrogens (tertiary/aromatic N) is 1. The van der Waals surface area contributed by atoms with E-state index in [1.165, 1.54) is 12.3 Å². The van der Waals surface area contributed by atoms with Gasteiger partial charge in [-0.05, 0) is 30.4 Å². The Morgan fingerprint density at radius 3 is 2.89 bits per heavy atom. The summed E-state index contributed by atoms with van der Waals surface area (Å²) in [5, 5.41) is 8.86. The van der Waals surface area contributed by atoms with Crippen molar-refractivity contribution in [2.24, 2.45) is 5.92 Å². The van der Waals surface area contributed by atoms with Crippen LogP contribution in [0.15, 0.2) is 23.4 Å². The lowest BCUT2D eigenvalue weighted by atomic mass is 10.1. The van der Waals surface area contributed by atoms with Gasteiger partial charge in [-0.3, -0.25) is 0 Å². The number of nitrogens with one attached hydrogen (secondary N) is 1. The predicted molar refractivity (Wildman–Crippen MR) is 68.9 cm³/mol. The van der Waals surface area contributed by atoms with Crippen molar-refractivity contribution in [1.29, 1.82) is 0 Å². The standard InChI is InChI=1S/C12H18N2O4S/c15-8-11-1-2-12(13-7-11)19(16,17)14-5-3-10-4-6-18-9-10/h1-2,7,10,14-15H,3-6,8-9H2. The minimum Gasteiger partial charge on any atom is -0.392 e. The number of hydrogen-bond donors (Lipinski definition) is 2. The monoisotopic (exact) mass is 286 g/mol. The lowest BCUT2D eigenvalue weighted by Crippen LogP contribution is -2.27. The van der Waals surface area contributed by atoms with E-state index in [2.05, 4.69) is 9.71 Å². The van der Waals surface area contributed by atoms with Crippen molar-refractivity contribution in [2.45, 2.75) is 24.5 Å². The molecule has 1 saturated heterocycles. The fourth-order valence-electron chi connectivity index (χ4n) is 1.95. The molecule has 1 unspecified atom stereocenters. The number of aliphatic hydroxyl groups is 1. The highest BCUT2D eigenvalue weighted by Crippen LogP contribution is 2.15. The number of pyridine rings is 1. The van der Waals surface area contributed by atoms with Crippen LogP contribution >= 0.6 is 0 Å². The number of rotatable bonds is 6. The molecule has 1 aliphatic rings. The molecule has 2 heterocycles. The average molecular weight is 286 g/mol. The quantitative estimate of drug-likeness (QED) is 0.784. The van der Waals surface area contributed by atoms with E-state index in [1.807, 2.05) is 0 Å². The second-order valence-electron chi connectivity index (χ2n) is 4.58. The van der Waals surface area contributed by atoms with Crippen molar-refractivity contribution in [2.75, 3.05) is 19.8 Å². The van der Waals surface area contributed by atoms with Gasteiger partial charge in [0.2, 0.25) is 0 Å². The summed E-state index contributed by atoms with van der Waals surface area (Å²) >= 11 is 0. The third-order valence-corrected chi connectivity index (χ3v) is 4.50. The zero-order valence-corrected chi connectivity index (χ0v) is 11.4. The highest BCUT2D eigenvalue weighted by Gasteiger charge is 2.18. The van der Waals surface area contributed by atoms with Gasteiger partial charge in [0.05, 0.1) is 6.61 Å². The van der Waals surface area contributed by atoms with Gasteiger partial charge < -0.3 is 9.84 Å². The fraction of sp³-hybridized carbons (Fsp3) is 0.583. The largest absolute Gasteiger partial charge is 0.392 e. The number of hydrogen-bond acceptors (Lipinski definition) is 5. The molecular formula is C12H18N2O4S. The third kappa shape index (κ3) is 3.97. The maximum Gasteiger partial charge on any atom is 0.258 e. The minimum absolute atomic E-state index is 0.0210. The Morgan fingerprint density at radius 1 is 1.47 bits per heavy atom. The van der Waals surface area contributed by atoms with Crippen LogP contribution in [0.4, 0.5) is 0 Å². The topological polar surface area (TPSA) is 88.5 Å². The van der Waals surface area contributed by atoms with E-state index in [1.54, 1.807) is 6.07 Å². The number of sulfonamides is 1. The average Bonchev–Trinajstić information content (AvgIpc) is 2.92. The first-order chi connectivity index (χ1) is 9.12. The molecule has 0 spiro atoms. The Hall–Kier alpha value is -1.02. The molecule has 1 atom stereocenters. The first kappa shape index (κ1) is 14.4. The highest BCUT2D eigenvalue weighted by atomic mass is 32.2. The van der Waals surface area contributed by atoms with Crippen molar-refractivity contribution in [1.82, 2.24) is 9.71 Å². The van der Waals surface area contributed by atoms with Crippen LogP contribution < -0.4 is 4.72 Å². The van der Waals surface area contributed by atoms with Crippen LogP contribution in [0.5, 0.6) is 0 Å². The minimum atomic E-state index is -3.56. The van der Waals surface area contributed by atoms with E-state index in [4.69, 9.17) is 9.84 Å². The van der Waals surface area contributed by atoms with E-state index in [0.29, 0.717) is 24.6 Å². The van der Waals surface area contributed by atoms with Crippen molar-refractivity contribution in [3.05, 3.63) is 23.9 Å². The predicted octanol–water partition coefficient (Wildman–Crippen LogP) is 0.279. The smallest absolute Gasteiger partial charge is 0.258 e. The Bertz CT molecular complexity index is 495. The lowest BCUT2D eigenvalue weighted by Gasteiger charge is -2.09. The van der Waals surface area contributed by atoms with Crippen LogP contribution in [0.3, 0.4) is 0 Å². The molecule has 0 bridgehead atoms. The van der Waals surface area contributed by atoms with Crippen molar-refractivity contribution < 1.29 is 18.3 Å². The van der Waals surface area contributed by atoms with Crippen molar-refractivity contribution >= 4 is 10.0 Å². The number of aliphatic hydroxyl groups excluding tert-OH is 1. The van der Waals surface area contributed by atoms with E-state index in [9.17, 15) is 8.42 Å². The molecule has 1 aromatic rings. The Labute approximate surface area is 112 Å². The summed E-state index contributed by atoms with van der Waals surface area (Å²) in [5.74, 6) is 0.437. The van der Waals surface area contributed by atoms with Gasteiger partial charge in [-0.2, -0.15) is 0 Å². The van der Waals surface area contributed by atoms with Gasteiger partial charge in [-0.15, -0.1) is 0 Å². The van der Waals surface area contributed by atoms with Crippen LogP contribution in [0.25, 0.3) is 0 Å². The van der Waals surface area contributed by atoms with E-state index in [-0.39, 0.29) is 11.6 Å². The molecule has 7 heteroatoms. The molecule has 2 rings (SSSR count). The summed E-state index contributed by atoms with van der Waals surface area (Å²) in [5.41, 5.74) is 0.585. The van der Waals surface area contributed by atoms with Crippen molar-refractivity contribution in [3.63, 3.8) is 0 Å². The third-order valence-electron chi connectivity index (χ3n) is 3.12. The zero-order chi connectivity index (χ0) is 13.7. The summed E-state index contributed by atoms with van der Waals surface area (Å²) in [6.45, 7) is 1.72. The van der Waals surface area contributed by atoms with Gasteiger partial charge in [0, 0.05) is 26.0 Å². The first-order valence-electron chi connectivity index (χ1n) is 6.25. The SMILES string of the molecule is O=S(=O)(NCCC1CCOC1)c1ccc(CO)cn1. The molecular weight excluding hydrogens is 268 g/mol. The summed E-state index contributed by atoms with van der Waals surface area (Å²) < 4.78 is 31.6. The molecule has 0 amide bonds. The molecule has 106 valence electrons. The Kier molecular flexibility index (Phi) is 4.87. The van der Waals surface area contributed by atoms with Gasteiger partial charge >= 0.3 is 0 Å². The molecule has 0 saturated carbocycles. The van der Waals surface area contributed by atoms with Crippen LogP contribution in [0.1, 0.15) is 18.4 Å². The van der Waals surface area contributed by atoms with Crippen LogP contribution in [-0.2, 0) is 21.4 Å². The number of ether oxygens (including phenoxy) is 1. The van der Waals surface area contributed by atoms with Gasteiger partial charge in [0.15, 0.2) is 5.03 Å². The summed E-state index contributed by atoms with van der Waals surface area (Å²) in [6, 6.07) is 2.94. The van der Waals surface area contributed by atoms with Gasteiger partial charge in [0.25, 0.3) is 10.0 Å². The molecule has 1 aromatic heterocycles. The maximum atomic E-state index is 11.9. The van der Waals surface area contributed by atoms with Crippen LogP contribution in [0.2, 0.25) is 0 Å². The second kappa shape index (κ2) is 6.42. The normalized spacial score (nSPS) is 19.7. The Balaban J connectivity index is 1.89. The summed E-state index contributed by atoms with van der Waals surface area (Å²) in [6.07, 6.45) is 3.12. The first-order valence-corrected chi connectivity index (χ1v) is 7.73. The molecule has 0 aromatic carbocycles. The molecule has 1 fully saturated rings. The molecule has 6 nitrogen and oxygen atoms in total. The van der Waals surface area contributed by atoms with Crippen molar-refractivity contribution in [3.8, 4) is 0 Å². The van der Waals surface area contributed by atoms with Gasteiger partial charge in [0.1, 0.15) is 0 Å². The zero-order valence-electron chi connectivity index (χ0n) is 10.6. The molecule has 0 radical (unpaired) electrons. The van der Waals surface area contributed by atoms with E-state index >= 15 is 0 Å². The maximum absolute atomic E-state index is 11.9. The van der Waals surface area contributed by atoms with E-state index < -0.39 is 10.0 Å². The van der Waals surface area contributed by atoms with Crippen LogP contribution in [0, 0.1) is 5.92 Å². The summed E-state index contributed by atoms with van der Waals surface area (Å²) in [4.78, 5) is 3.84. The van der Waals surface area contributed by atoms with Crippen LogP contribution in [-0.4, -0.2) is 38.3 Å². The molecule has 0 aliphatic carbocycles. The number of aromatic nitrogens is 1. The molecule has 19 heavy (non-hydrogen) atoms.